The van der Waals surface area contributed by atoms with Crippen LogP contribution in [0.3, 0.4) is 0 Å². The van der Waals surface area contributed by atoms with Crippen molar-refractivity contribution in [3.63, 3.8) is 0 Å². The van der Waals surface area contributed by atoms with Gasteiger partial charge in [0.2, 0.25) is 0 Å². The van der Waals surface area contributed by atoms with E-state index < -0.39 is 0 Å². The van der Waals surface area contributed by atoms with Gasteiger partial charge in [0.15, 0.2) is 5.78 Å². The molecule has 0 saturated carbocycles. The fourth-order valence-electron chi connectivity index (χ4n) is 1.72. The Morgan fingerprint density at radius 1 is 1.33 bits per heavy atom. The first-order chi connectivity index (χ1) is 7.29. The molecule has 2 rings (SSSR count). The first kappa shape index (κ1) is 9.97. The minimum atomic E-state index is -0.0985. The molecular weight excluding hydrogens is 188 g/mol. The highest BCUT2D eigenvalue weighted by Gasteiger charge is 2.22. The molecular formula is C13H14O2. The third-order valence-corrected chi connectivity index (χ3v) is 2.52. The highest BCUT2D eigenvalue weighted by Crippen LogP contribution is 2.29. The maximum atomic E-state index is 11.5. The number of carbonyl (C=O) groups excluding carboxylic acids is 1. The molecule has 0 aliphatic carbocycles. The predicted molar refractivity (Wildman–Crippen MR) is 58.3 cm³/mol. The van der Waals surface area contributed by atoms with Crippen LogP contribution in [0.4, 0.5) is 0 Å². The van der Waals surface area contributed by atoms with Gasteiger partial charge in [-0.2, -0.15) is 0 Å². The molecule has 1 aliphatic heterocycles. The number of rotatable bonds is 2. The molecule has 0 amide bonds. The molecule has 78 valence electrons. The summed E-state index contributed by atoms with van der Waals surface area (Å²) >= 11 is 0. The SMILES string of the molecule is CCC1=CC(=O)C[C@@H](c2ccccc2)O1. The van der Waals surface area contributed by atoms with Crippen molar-refractivity contribution in [2.75, 3.05) is 0 Å². The van der Waals surface area contributed by atoms with Crippen molar-refractivity contribution in [2.24, 2.45) is 0 Å². The average molecular weight is 202 g/mol. The van der Waals surface area contributed by atoms with Crippen molar-refractivity contribution in [2.45, 2.75) is 25.9 Å². The Morgan fingerprint density at radius 3 is 2.73 bits per heavy atom. The van der Waals surface area contributed by atoms with Crippen molar-refractivity contribution >= 4 is 5.78 Å². The van der Waals surface area contributed by atoms with Gasteiger partial charge in [-0.1, -0.05) is 37.3 Å². The monoisotopic (exact) mass is 202 g/mol. The van der Waals surface area contributed by atoms with Crippen LogP contribution in [-0.2, 0) is 9.53 Å². The standard InChI is InChI=1S/C13H14O2/c1-2-12-8-11(14)9-13(15-12)10-6-4-3-5-7-10/h3-8,13H,2,9H2,1H3/t13-/m0/s1. The smallest absolute Gasteiger partial charge is 0.163 e. The van der Waals surface area contributed by atoms with Gasteiger partial charge in [0.05, 0.1) is 6.42 Å². The quantitative estimate of drug-likeness (QED) is 0.736. The molecule has 0 radical (unpaired) electrons. The topological polar surface area (TPSA) is 26.3 Å². The van der Waals surface area contributed by atoms with Crippen molar-refractivity contribution in [1.82, 2.24) is 0 Å². The summed E-state index contributed by atoms with van der Waals surface area (Å²) in [4.78, 5) is 11.5. The fourth-order valence-corrected chi connectivity index (χ4v) is 1.72. The second-order valence-corrected chi connectivity index (χ2v) is 3.65. The fraction of sp³-hybridized carbons (Fsp3) is 0.308. The van der Waals surface area contributed by atoms with Crippen LogP contribution in [0.5, 0.6) is 0 Å². The summed E-state index contributed by atoms with van der Waals surface area (Å²) < 4.78 is 5.73. The summed E-state index contributed by atoms with van der Waals surface area (Å²) in [5.41, 5.74) is 1.07. The van der Waals surface area contributed by atoms with Crippen molar-refractivity contribution in [3.05, 3.63) is 47.7 Å². The first-order valence-electron chi connectivity index (χ1n) is 5.24. The molecule has 2 heteroatoms. The second-order valence-electron chi connectivity index (χ2n) is 3.65. The van der Waals surface area contributed by atoms with E-state index >= 15 is 0 Å². The van der Waals surface area contributed by atoms with Crippen molar-refractivity contribution < 1.29 is 9.53 Å². The van der Waals surface area contributed by atoms with E-state index in [2.05, 4.69) is 0 Å². The van der Waals surface area contributed by atoms with Crippen LogP contribution < -0.4 is 0 Å². The van der Waals surface area contributed by atoms with Crippen LogP contribution in [0.2, 0.25) is 0 Å². The number of carbonyl (C=O) groups is 1. The summed E-state index contributed by atoms with van der Waals surface area (Å²) in [7, 11) is 0. The summed E-state index contributed by atoms with van der Waals surface area (Å²) in [6.45, 7) is 1.99. The second kappa shape index (κ2) is 4.30. The van der Waals surface area contributed by atoms with Crippen LogP contribution in [0, 0.1) is 0 Å². The molecule has 0 saturated heterocycles. The molecule has 1 aromatic rings. The van der Waals surface area contributed by atoms with E-state index in [1.165, 1.54) is 0 Å². The van der Waals surface area contributed by atoms with Crippen molar-refractivity contribution in [1.29, 1.82) is 0 Å². The summed E-state index contributed by atoms with van der Waals surface area (Å²) in [6.07, 6.45) is 2.74. The molecule has 1 heterocycles. The zero-order chi connectivity index (χ0) is 10.7. The highest BCUT2D eigenvalue weighted by molar-refractivity contribution is 5.91. The Morgan fingerprint density at radius 2 is 2.07 bits per heavy atom. The summed E-state index contributed by atoms with van der Waals surface area (Å²) in [5.74, 6) is 0.951. The lowest BCUT2D eigenvalue weighted by atomic mass is 10.0. The first-order valence-corrected chi connectivity index (χ1v) is 5.24. The Hall–Kier alpha value is -1.57. The van der Waals surface area contributed by atoms with E-state index in [4.69, 9.17) is 4.74 Å². The van der Waals surface area contributed by atoms with Crippen LogP contribution in [0.15, 0.2) is 42.2 Å². The number of ketones is 1. The molecule has 0 fully saturated rings. The molecule has 1 aliphatic rings. The number of ether oxygens (including phenoxy) is 1. The largest absolute Gasteiger partial charge is 0.489 e. The van der Waals surface area contributed by atoms with E-state index in [1.54, 1.807) is 6.08 Å². The van der Waals surface area contributed by atoms with Crippen molar-refractivity contribution in [3.8, 4) is 0 Å². The van der Waals surface area contributed by atoms with E-state index in [0.29, 0.717) is 6.42 Å². The van der Waals surface area contributed by atoms with Gasteiger partial charge in [0.25, 0.3) is 0 Å². The molecule has 0 spiro atoms. The van der Waals surface area contributed by atoms with E-state index in [0.717, 1.165) is 17.7 Å². The lowest BCUT2D eigenvalue weighted by Gasteiger charge is -2.23. The van der Waals surface area contributed by atoms with Crippen LogP contribution >= 0.6 is 0 Å². The maximum Gasteiger partial charge on any atom is 0.163 e. The third-order valence-electron chi connectivity index (χ3n) is 2.52. The summed E-state index contributed by atoms with van der Waals surface area (Å²) in [6, 6.07) is 9.89. The number of hydrogen-bond donors (Lipinski definition) is 0. The van der Waals surface area contributed by atoms with E-state index in [9.17, 15) is 4.79 Å². The maximum absolute atomic E-state index is 11.5. The minimum absolute atomic E-state index is 0.0985. The van der Waals surface area contributed by atoms with Crippen LogP contribution in [0.25, 0.3) is 0 Å². The Kier molecular flexibility index (Phi) is 2.86. The predicted octanol–water partition coefficient (Wildman–Crippen LogP) is 3.01. The zero-order valence-electron chi connectivity index (χ0n) is 8.77. The highest BCUT2D eigenvalue weighted by atomic mass is 16.5. The Labute approximate surface area is 89.6 Å². The molecule has 1 aromatic carbocycles. The van der Waals surface area contributed by atoms with E-state index in [1.807, 2.05) is 37.3 Å². The lowest BCUT2D eigenvalue weighted by molar-refractivity contribution is -0.118. The van der Waals surface area contributed by atoms with E-state index in [-0.39, 0.29) is 11.9 Å². The average Bonchev–Trinajstić information content (AvgIpc) is 2.29. The molecule has 0 bridgehead atoms. The van der Waals surface area contributed by atoms with Gasteiger partial charge in [0, 0.05) is 12.5 Å². The van der Waals surface area contributed by atoms with Gasteiger partial charge < -0.3 is 4.74 Å². The van der Waals surface area contributed by atoms with Gasteiger partial charge in [0.1, 0.15) is 11.9 Å². The Balaban J connectivity index is 2.20. The van der Waals surface area contributed by atoms with Gasteiger partial charge in [-0.3, -0.25) is 4.79 Å². The number of allylic oxidation sites excluding steroid dienone is 2. The van der Waals surface area contributed by atoms with Gasteiger partial charge in [-0.15, -0.1) is 0 Å². The van der Waals surface area contributed by atoms with Gasteiger partial charge >= 0.3 is 0 Å². The van der Waals surface area contributed by atoms with Gasteiger partial charge in [-0.25, -0.2) is 0 Å². The molecule has 0 aromatic heterocycles. The minimum Gasteiger partial charge on any atom is -0.489 e. The lowest BCUT2D eigenvalue weighted by Crippen LogP contribution is -2.15. The van der Waals surface area contributed by atoms with Gasteiger partial charge in [-0.05, 0) is 5.56 Å². The Bertz CT molecular complexity index is 379. The molecule has 0 N–H and O–H groups in total. The third kappa shape index (κ3) is 2.27. The number of hydrogen-bond acceptors (Lipinski definition) is 2. The van der Waals surface area contributed by atoms with Crippen LogP contribution in [0.1, 0.15) is 31.4 Å². The molecule has 0 unspecified atom stereocenters. The number of benzene rings is 1. The summed E-state index contributed by atoms with van der Waals surface area (Å²) in [5, 5.41) is 0. The molecule has 15 heavy (non-hydrogen) atoms. The normalized spacial score (nSPS) is 20.7. The molecule has 2 nitrogen and oxygen atoms in total. The molecule has 1 atom stereocenters. The zero-order valence-corrected chi connectivity index (χ0v) is 8.77. The van der Waals surface area contributed by atoms with Crippen LogP contribution in [-0.4, -0.2) is 5.78 Å².